The van der Waals surface area contributed by atoms with E-state index in [2.05, 4.69) is 4.98 Å². The number of hydrogen-bond donors (Lipinski definition) is 1. The Morgan fingerprint density at radius 3 is 2.71 bits per heavy atom. The minimum atomic E-state index is -4.25. The van der Waals surface area contributed by atoms with Gasteiger partial charge in [0.1, 0.15) is 5.01 Å². The summed E-state index contributed by atoms with van der Waals surface area (Å²) in [5, 5.41) is 15.3. The molecule has 8 heteroatoms. The summed E-state index contributed by atoms with van der Waals surface area (Å²) in [4.78, 5) is 5.65. The van der Waals surface area contributed by atoms with E-state index in [0.717, 1.165) is 10.6 Å². The van der Waals surface area contributed by atoms with E-state index >= 15 is 0 Å². The fourth-order valence-electron chi connectivity index (χ4n) is 1.89. The molecule has 0 saturated carbocycles. The van der Waals surface area contributed by atoms with E-state index in [4.69, 9.17) is 5.11 Å². The first-order valence-electron chi connectivity index (χ1n) is 6.35. The number of thiophene rings is 1. The molecule has 0 amide bonds. The summed E-state index contributed by atoms with van der Waals surface area (Å²) >= 11 is 2.99. The average molecular weight is 336 g/mol. The van der Waals surface area contributed by atoms with E-state index in [0.29, 0.717) is 12.1 Å². The van der Waals surface area contributed by atoms with Crippen molar-refractivity contribution in [3.63, 3.8) is 0 Å². The third-order valence-corrected chi connectivity index (χ3v) is 4.36. The van der Waals surface area contributed by atoms with Gasteiger partial charge in [0, 0.05) is 36.0 Å². The fraction of sp³-hybridized carbons (Fsp3) is 0.462. The van der Waals surface area contributed by atoms with Crippen LogP contribution in [-0.2, 0) is 6.54 Å². The summed E-state index contributed by atoms with van der Waals surface area (Å²) in [6, 6.07) is 1.94. The fourth-order valence-corrected chi connectivity index (χ4v) is 3.41. The molecule has 2 heterocycles. The van der Waals surface area contributed by atoms with Crippen LogP contribution in [0.1, 0.15) is 12.1 Å². The molecule has 0 aliphatic heterocycles. The van der Waals surface area contributed by atoms with Crippen LogP contribution < -0.4 is 0 Å². The number of aliphatic hydroxyl groups is 1. The lowest BCUT2D eigenvalue weighted by Gasteiger charge is -2.22. The van der Waals surface area contributed by atoms with Gasteiger partial charge in [0.25, 0.3) is 0 Å². The minimum absolute atomic E-state index is 0.119. The molecule has 0 spiro atoms. The van der Waals surface area contributed by atoms with Crippen molar-refractivity contribution >= 4 is 22.7 Å². The molecular formula is C13H15F3N2OS2. The van der Waals surface area contributed by atoms with E-state index in [-0.39, 0.29) is 19.7 Å². The predicted octanol–water partition coefficient (Wildman–Crippen LogP) is 3.62. The first-order valence-corrected chi connectivity index (χ1v) is 8.17. The molecule has 2 rings (SSSR count). The number of alkyl halides is 3. The van der Waals surface area contributed by atoms with Crippen LogP contribution in [0.2, 0.25) is 0 Å². The van der Waals surface area contributed by atoms with E-state index in [9.17, 15) is 13.2 Å². The van der Waals surface area contributed by atoms with Crippen molar-refractivity contribution in [3.8, 4) is 10.6 Å². The van der Waals surface area contributed by atoms with Crippen LogP contribution in [-0.4, -0.2) is 40.9 Å². The normalized spacial score (nSPS) is 12.2. The molecule has 0 aliphatic carbocycles. The largest absolute Gasteiger partial charge is 0.401 e. The molecule has 0 unspecified atom stereocenters. The van der Waals surface area contributed by atoms with Gasteiger partial charge in [0.15, 0.2) is 0 Å². The van der Waals surface area contributed by atoms with Gasteiger partial charge in [-0.3, -0.25) is 4.90 Å². The Balaban J connectivity index is 2.02. The zero-order valence-electron chi connectivity index (χ0n) is 11.1. The lowest BCUT2D eigenvalue weighted by atomic mass is 10.3. The summed E-state index contributed by atoms with van der Waals surface area (Å²) in [5.41, 5.74) is 1.62. The topological polar surface area (TPSA) is 36.4 Å². The predicted molar refractivity (Wildman–Crippen MR) is 78.5 cm³/mol. The molecule has 3 nitrogen and oxygen atoms in total. The maximum absolute atomic E-state index is 12.5. The zero-order chi connectivity index (χ0) is 15.3. The summed E-state index contributed by atoms with van der Waals surface area (Å²) in [5.74, 6) is 0. The number of nitrogens with zero attached hydrogens (tertiary/aromatic N) is 2. The van der Waals surface area contributed by atoms with E-state index in [1.165, 1.54) is 16.2 Å². The van der Waals surface area contributed by atoms with Gasteiger partial charge in [-0.2, -0.15) is 24.5 Å². The van der Waals surface area contributed by atoms with Gasteiger partial charge in [-0.15, -0.1) is 11.3 Å². The second-order valence-electron chi connectivity index (χ2n) is 4.56. The molecule has 1 N–H and O–H groups in total. The Bertz CT molecular complexity index is 540. The second-order valence-corrected chi connectivity index (χ2v) is 6.20. The van der Waals surface area contributed by atoms with Crippen LogP contribution in [0, 0.1) is 0 Å². The molecule has 0 bridgehead atoms. The smallest absolute Gasteiger partial charge is 0.396 e. The molecule has 2 aromatic heterocycles. The molecule has 0 radical (unpaired) electrons. The highest BCUT2D eigenvalue weighted by Gasteiger charge is 2.30. The van der Waals surface area contributed by atoms with Crippen molar-refractivity contribution in [1.82, 2.24) is 9.88 Å². The molecule has 2 aromatic rings. The Morgan fingerprint density at radius 2 is 2.10 bits per heavy atom. The molecule has 116 valence electrons. The van der Waals surface area contributed by atoms with Crippen LogP contribution in [0.3, 0.4) is 0 Å². The van der Waals surface area contributed by atoms with Gasteiger partial charge in [-0.25, -0.2) is 4.98 Å². The number of halogens is 3. The number of aliphatic hydroxyl groups excluding tert-OH is 1. The summed E-state index contributed by atoms with van der Waals surface area (Å²) in [7, 11) is 0. The first-order chi connectivity index (χ1) is 9.98. The monoisotopic (exact) mass is 336 g/mol. The number of thiazole rings is 1. The van der Waals surface area contributed by atoms with Crippen LogP contribution >= 0.6 is 22.7 Å². The lowest BCUT2D eigenvalue weighted by molar-refractivity contribution is -0.147. The number of aromatic nitrogens is 1. The van der Waals surface area contributed by atoms with Gasteiger partial charge >= 0.3 is 6.18 Å². The van der Waals surface area contributed by atoms with Gasteiger partial charge in [-0.1, -0.05) is 0 Å². The van der Waals surface area contributed by atoms with Crippen molar-refractivity contribution < 1.29 is 18.3 Å². The van der Waals surface area contributed by atoms with Crippen molar-refractivity contribution in [2.24, 2.45) is 0 Å². The highest BCUT2D eigenvalue weighted by molar-refractivity contribution is 7.14. The maximum atomic E-state index is 12.5. The quantitative estimate of drug-likeness (QED) is 0.839. The highest BCUT2D eigenvalue weighted by atomic mass is 32.1. The Morgan fingerprint density at radius 1 is 1.29 bits per heavy atom. The van der Waals surface area contributed by atoms with Gasteiger partial charge in [-0.05, 0) is 17.9 Å². The van der Waals surface area contributed by atoms with Crippen LogP contribution in [0.5, 0.6) is 0 Å². The zero-order valence-corrected chi connectivity index (χ0v) is 12.8. The lowest BCUT2D eigenvalue weighted by Crippen LogP contribution is -2.35. The van der Waals surface area contributed by atoms with Crippen LogP contribution in [0.25, 0.3) is 10.6 Å². The van der Waals surface area contributed by atoms with Crippen molar-refractivity contribution in [1.29, 1.82) is 0 Å². The van der Waals surface area contributed by atoms with E-state index in [1.54, 1.807) is 16.7 Å². The summed E-state index contributed by atoms with van der Waals surface area (Å²) in [6.45, 7) is -0.772. The SMILES string of the molecule is OCCCN(Cc1csc(-c2ccsc2)n1)CC(F)(F)F. The third kappa shape index (κ3) is 5.39. The molecular weight excluding hydrogens is 321 g/mol. The number of hydrogen-bond acceptors (Lipinski definition) is 5. The Labute approximate surface area is 128 Å². The van der Waals surface area contributed by atoms with Crippen LogP contribution in [0.4, 0.5) is 13.2 Å². The summed E-state index contributed by atoms with van der Waals surface area (Å²) < 4.78 is 37.6. The summed E-state index contributed by atoms with van der Waals surface area (Å²) in [6.07, 6.45) is -3.93. The Kier molecular flexibility index (Phi) is 5.74. The minimum Gasteiger partial charge on any atom is -0.396 e. The third-order valence-electron chi connectivity index (χ3n) is 2.74. The molecule has 0 saturated heterocycles. The molecule has 0 fully saturated rings. The van der Waals surface area contributed by atoms with Gasteiger partial charge in [0.05, 0.1) is 12.2 Å². The molecule has 0 aliphatic rings. The van der Waals surface area contributed by atoms with Crippen LogP contribution in [0.15, 0.2) is 22.2 Å². The van der Waals surface area contributed by atoms with Gasteiger partial charge < -0.3 is 5.11 Å². The Hall–Kier alpha value is -0.960. The first kappa shape index (κ1) is 16.4. The standard InChI is InChI=1S/C13H15F3N2OS2/c14-13(15,16)9-18(3-1-4-19)6-11-8-21-12(17-11)10-2-5-20-7-10/h2,5,7-8,19H,1,3-4,6,9H2. The van der Waals surface area contributed by atoms with E-state index in [1.807, 2.05) is 16.8 Å². The van der Waals surface area contributed by atoms with Crippen molar-refractivity contribution in [3.05, 3.63) is 27.9 Å². The molecule has 21 heavy (non-hydrogen) atoms. The number of rotatable bonds is 7. The average Bonchev–Trinajstić information content (AvgIpc) is 3.04. The van der Waals surface area contributed by atoms with Crippen molar-refractivity contribution in [2.45, 2.75) is 19.1 Å². The molecule has 0 atom stereocenters. The van der Waals surface area contributed by atoms with Gasteiger partial charge in [0.2, 0.25) is 0 Å². The van der Waals surface area contributed by atoms with Crippen molar-refractivity contribution in [2.75, 3.05) is 19.7 Å². The van der Waals surface area contributed by atoms with E-state index < -0.39 is 12.7 Å². The molecule has 0 aromatic carbocycles. The highest BCUT2D eigenvalue weighted by Crippen LogP contribution is 2.26. The maximum Gasteiger partial charge on any atom is 0.401 e. The second kappa shape index (κ2) is 7.35.